The predicted octanol–water partition coefficient (Wildman–Crippen LogP) is 4.78. The van der Waals surface area contributed by atoms with Crippen molar-refractivity contribution in [1.29, 1.82) is 0 Å². The second-order valence-corrected chi connectivity index (χ2v) is 7.12. The van der Waals surface area contributed by atoms with Crippen LogP contribution in [0.2, 0.25) is 0 Å². The highest BCUT2D eigenvalue weighted by Gasteiger charge is 2.10. The first kappa shape index (κ1) is 18.0. The van der Waals surface area contributed by atoms with E-state index in [9.17, 15) is 4.79 Å². The Morgan fingerprint density at radius 2 is 1.64 bits per heavy atom. The highest BCUT2D eigenvalue weighted by molar-refractivity contribution is 7.16. The van der Waals surface area contributed by atoms with Crippen molar-refractivity contribution in [3.63, 3.8) is 0 Å². The summed E-state index contributed by atoms with van der Waals surface area (Å²) in [5, 5.41) is 0. The smallest absolute Gasteiger partial charge is 0.279 e. The number of benzene rings is 3. The summed E-state index contributed by atoms with van der Waals surface area (Å²) in [5.41, 5.74) is 1.43. The quantitative estimate of drug-likeness (QED) is 0.504. The van der Waals surface area contributed by atoms with Gasteiger partial charge < -0.3 is 14.0 Å². The second-order valence-electron chi connectivity index (χ2n) is 6.11. The highest BCUT2D eigenvalue weighted by Crippen LogP contribution is 2.26. The molecule has 1 aromatic heterocycles. The maximum absolute atomic E-state index is 12.6. The summed E-state index contributed by atoms with van der Waals surface area (Å²) in [6.45, 7) is 0. The summed E-state index contributed by atoms with van der Waals surface area (Å²) < 4.78 is 14.1. The number of hydrogen-bond acceptors (Lipinski definition) is 4. The number of carbonyl (C=O) groups is 1. The first-order valence-corrected chi connectivity index (χ1v) is 9.52. The summed E-state index contributed by atoms with van der Waals surface area (Å²) in [4.78, 5) is 17.5. The molecule has 0 radical (unpaired) electrons. The molecule has 1 amide bonds. The molecule has 0 unspecified atom stereocenters. The summed E-state index contributed by atoms with van der Waals surface area (Å²) in [5.74, 6) is 1.87. The van der Waals surface area contributed by atoms with Gasteiger partial charge in [0.15, 0.2) is 4.80 Å². The number of aryl methyl sites for hydroxylation is 1. The maximum atomic E-state index is 12.6. The third kappa shape index (κ3) is 3.54. The Morgan fingerprint density at radius 1 is 0.929 bits per heavy atom. The Labute approximate surface area is 166 Å². The van der Waals surface area contributed by atoms with Crippen LogP contribution in [0.3, 0.4) is 0 Å². The Balaban J connectivity index is 1.61. The van der Waals surface area contributed by atoms with Crippen LogP contribution in [0.4, 0.5) is 0 Å². The molecule has 3 aromatic carbocycles. The van der Waals surface area contributed by atoms with Crippen LogP contribution in [-0.4, -0.2) is 17.6 Å². The van der Waals surface area contributed by atoms with E-state index < -0.39 is 0 Å². The molecular formula is C22H18N2O3S. The normalized spacial score (nSPS) is 11.6. The lowest BCUT2D eigenvalue weighted by Gasteiger charge is -2.05. The van der Waals surface area contributed by atoms with Crippen LogP contribution >= 0.6 is 11.3 Å². The number of fused-ring (bicyclic) bond motifs is 1. The van der Waals surface area contributed by atoms with Gasteiger partial charge in [-0.15, -0.1) is 0 Å². The first-order valence-electron chi connectivity index (χ1n) is 8.70. The minimum absolute atomic E-state index is 0.299. The molecule has 0 saturated carbocycles. The fourth-order valence-corrected chi connectivity index (χ4v) is 3.92. The fraction of sp³-hybridized carbons (Fsp3) is 0.0909. The van der Waals surface area contributed by atoms with E-state index >= 15 is 0 Å². The summed E-state index contributed by atoms with van der Waals surface area (Å²) >= 11 is 1.45. The zero-order valence-electron chi connectivity index (χ0n) is 15.5. The third-order valence-corrected chi connectivity index (χ3v) is 5.38. The van der Waals surface area contributed by atoms with Crippen molar-refractivity contribution in [2.45, 2.75) is 0 Å². The molecule has 1 heterocycles. The van der Waals surface area contributed by atoms with E-state index in [-0.39, 0.29) is 5.91 Å². The number of hydrogen-bond donors (Lipinski definition) is 0. The minimum atomic E-state index is -0.299. The molecule has 5 nitrogen and oxygen atoms in total. The van der Waals surface area contributed by atoms with Crippen molar-refractivity contribution < 1.29 is 14.3 Å². The summed E-state index contributed by atoms with van der Waals surface area (Å²) in [6.07, 6.45) is 0. The van der Waals surface area contributed by atoms with E-state index in [0.29, 0.717) is 16.1 Å². The molecule has 0 aliphatic rings. The number of thiazole rings is 1. The number of rotatable bonds is 4. The van der Waals surface area contributed by atoms with Crippen LogP contribution in [0.5, 0.6) is 17.2 Å². The van der Waals surface area contributed by atoms with E-state index in [0.717, 1.165) is 21.7 Å². The van der Waals surface area contributed by atoms with Gasteiger partial charge in [0, 0.05) is 12.6 Å². The first-order chi connectivity index (χ1) is 13.7. The van der Waals surface area contributed by atoms with Crippen LogP contribution in [0.25, 0.3) is 10.2 Å². The van der Waals surface area contributed by atoms with Gasteiger partial charge in [0.25, 0.3) is 5.91 Å². The molecule has 0 N–H and O–H groups in total. The van der Waals surface area contributed by atoms with Gasteiger partial charge in [0.1, 0.15) is 22.8 Å². The van der Waals surface area contributed by atoms with Crippen LogP contribution in [-0.2, 0) is 7.05 Å². The summed E-state index contributed by atoms with van der Waals surface area (Å²) in [7, 11) is 3.51. The largest absolute Gasteiger partial charge is 0.495 e. The van der Waals surface area contributed by atoms with Crippen LogP contribution in [0, 0.1) is 0 Å². The lowest BCUT2D eigenvalue weighted by molar-refractivity contribution is 0.0998. The lowest BCUT2D eigenvalue weighted by atomic mass is 10.2. The molecule has 0 aliphatic carbocycles. The molecule has 4 rings (SSSR count). The monoisotopic (exact) mass is 390 g/mol. The molecule has 28 heavy (non-hydrogen) atoms. The van der Waals surface area contributed by atoms with Crippen LogP contribution < -0.4 is 14.3 Å². The van der Waals surface area contributed by atoms with Crippen molar-refractivity contribution in [1.82, 2.24) is 4.57 Å². The number of carbonyl (C=O) groups excluding carboxylic acids is 1. The molecule has 0 aliphatic heterocycles. The van der Waals surface area contributed by atoms with Crippen LogP contribution in [0.1, 0.15) is 10.4 Å². The van der Waals surface area contributed by atoms with Gasteiger partial charge in [-0.2, -0.15) is 4.99 Å². The Hall–Kier alpha value is -3.38. The second kappa shape index (κ2) is 7.70. The fourth-order valence-electron chi connectivity index (χ4n) is 2.88. The van der Waals surface area contributed by atoms with Crippen molar-refractivity contribution in [2.24, 2.45) is 12.0 Å². The van der Waals surface area contributed by atoms with Gasteiger partial charge in [-0.25, -0.2) is 0 Å². The zero-order valence-corrected chi connectivity index (χ0v) is 16.3. The van der Waals surface area contributed by atoms with Crippen molar-refractivity contribution in [3.8, 4) is 17.2 Å². The molecule has 0 bridgehead atoms. The molecule has 0 fully saturated rings. The topological polar surface area (TPSA) is 52.8 Å². The van der Waals surface area contributed by atoms with Gasteiger partial charge in [-0.1, -0.05) is 35.6 Å². The molecule has 4 aromatic rings. The molecule has 0 spiro atoms. The van der Waals surface area contributed by atoms with Gasteiger partial charge >= 0.3 is 0 Å². The maximum Gasteiger partial charge on any atom is 0.279 e. The standard InChI is InChI=1S/C22H18N2O3S/c1-24-20-18(26-2)9-6-10-19(20)28-22(24)23-21(25)15-11-13-17(14-12-15)27-16-7-4-3-5-8-16/h3-14H,1-2H3. The molecule has 140 valence electrons. The summed E-state index contributed by atoms with van der Waals surface area (Å²) in [6, 6.07) is 22.3. The van der Waals surface area contributed by atoms with Crippen molar-refractivity contribution >= 4 is 27.5 Å². The van der Waals surface area contributed by atoms with Gasteiger partial charge in [0.05, 0.1) is 11.8 Å². The van der Waals surface area contributed by atoms with E-state index in [1.54, 1.807) is 31.4 Å². The highest BCUT2D eigenvalue weighted by atomic mass is 32.1. The Bertz CT molecular complexity index is 1190. The number of nitrogens with zero attached hydrogens (tertiary/aromatic N) is 2. The number of aromatic nitrogens is 1. The van der Waals surface area contributed by atoms with E-state index in [1.807, 2.05) is 60.1 Å². The molecule has 6 heteroatoms. The van der Waals surface area contributed by atoms with Crippen LogP contribution in [0.15, 0.2) is 77.8 Å². The van der Waals surface area contributed by atoms with Gasteiger partial charge in [0.2, 0.25) is 0 Å². The van der Waals surface area contributed by atoms with E-state index in [1.165, 1.54) is 11.3 Å². The van der Waals surface area contributed by atoms with E-state index in [2.05, 4.69) is 4.99 Å². The SMILES string of the molecule is COc1cccc2sc(=NC(=O)c3ccc(Oc4ccccc4)cc3)n(C)c12. The van der Waals surface area contributed by atoms with Gasteiger partial charge in [-0.05, 0) is 48.5 Å². The Morgan fingerprint density at radius 3 is 2.36 bits per heavy atom. The number of methoxy groups -OCH3 is 1. The van der Waals surface area contributed by atoms with Crippen molar-refractivity contribution in [3.05, 3.63) is 83.2 Å². The molecule has 0 atom stereocenters. The lowest BCUT2D eigenvalue weighted by Crippen LogP contribution is -2.13. The number of ether oxygens (including phenoxy) is 2. The minimum Gasteiger partial charge on any atom is -0.495 e. The van der Waals surface area contributed by atoms with Gasteiger partial charge in [-0.3, -0.25) is 4.79 Å². The molecule has 0 saturated heterocycles. The Kier molecular flexibility index (Phi) is 4.95. The number of para-hydroxylation sites is 2. The number of amides is 1. The third-order valence-electron chi connectivity index (χ3n) is 4.28. The zero-order chi connectivity index (χ0) is 19.5. The molecular weight excluding hydrogens is 372 g/mol. The average molecular weight is 390 g/mol. The van der Waals surface area contributed by atoms with E-state index in [4.69, 9.17) is 9.47 Å². The predicted molar refractivity (Wildman–Crippen MR) is 110 cm³/mol. The van der Waals surface area contributed by atoms with Crippen molar-refractivity contribution in [2.75, 3.05) is 7.11 Å². The average Bonchev–Trinajstić information content (AvgIpc) is 3.05.